The van der Waals surface area contributed by atoms with Crippen molar-refractivity contribution >= 4 is 35.0 Å². The van der Waals surface area contributed by atoms with Gasteiger partial charge < -0.3 is 10.2 Å². The van der Waals surface area contributed by atoms with Crippen LogP contribution in [0.25, 0.3) is 0 Å². The van der Waals surface area contributed by atoms with E-state index in [0.717, 1.165) is 22.7 Å². The molecule has 1 aliphatic rings. The number of aromatic nitrogens is 1. The number of hydrogen-bond acceptors (Lipinski definition) is 4. The Balaban J connectivity index is 2.01. The van der Waals surface area contributed by atoms with Crippen molar-refractivity contribution in [1.82, 2.24) is 4.98 Å². The number of fused-ring (bicyclic) bond motifs is 2. The zero-order valence-electron chi connectivity index (χ0n) is 13.7. The predicted molar refractivity (Wildman–Crippen MR) is 95.7 cm³/mol. The van der Waals surface area contributed by atoms with Gasteiger partial charge in [0.25, 0.3) is 5.91 Å². The molecule has 0 bridgehead atoms. The summed E-state index contributed by atoms with van der Waals surface area (Å²) in [5, 5.41) is 3.60. The molecule has 0 radical (unpaired) electrons. The lowest BCUT2D eigenvalue weighted by molar-refractivity contribution is -0.116. The molecule has 1 aromatic heterocycles. The topological polar surface area (TPSA) is 62.3 Å². The summed E-state index contributed by atoms with van der Waals surface area (Å²) in [4.78, 5) is 31.6. The number of pyridine rings is 1. The van der Waals surface area contributed by atoms with Crippen LogP contribution in [0, 0.1) is 0 Å². The summed E-state index contributed by atoms with van der Waals surface area (Å²) in [7, 11) is 0. The Bertz CT molecular complexity index is 792. The van der Waals surface area contributed by atoms with E-state index in [0.29, 0.717) is 23.6 Å². The van der Waals surface area contributed by atoms with Gasteiger partial charge in [0.1, 0.15) is 5.03 Å². The van der Waals surface area contributed by atoms with Gasteiger partial charge in [-0.05, 0) is 43.7 Å². The molecule has 24 heavy (non-hydrogen) atoms. The molecular weight excluding hydrogens is 322 g/mol. The molecule has 6 heteroatoms. The first-order valence-electron chi connectivity index (χ1n) is 8.02. The van der Waals surface area contributed by atoms with Crippen molar-refractivity contribution < 1.29 is 9.59 Å². The Morgan fingerprint density at radius 2 is 2.12 bits per heavy atom. The minimum absolute atomic E-state index is 0.00183. The minimum Gasteiger partial charge on any atom is -0.326 e. The summed E-state index contributed by atoms with van der Waals surface area (Å²) in [6.45, 7) is 4.49. The zero-order chi connectivity index (χ0) is 17.1. The molecule has 0 aliphatic carbocycles. The predicted octanol–water partition coefficient (Wildman–Crippen LogP) is 3.95. The average molecular weight is 341 g/mol. The molecule has 1 aliphatic heterocycles. The first-order valence-corrected chi connectivity index (χ1v) is 8.84. The number of nitrogens with one attached hydrogen (secondary N) is 1. The molecule has 124 valence electrons. The number of benzene rings is 1. The van der Waals surface area contributed by atoms with E-state index in [1.165, 1.54) is 11.8 Å². The number of nitrogens with zero attached hydrogens (tertiary/aromatic N) is 2. The van der Waals surface area contributed by atoms with Crippen LogP contribution in [0.15, 0.2) is 46.5 Å². The lowest BCUT2D eigenvalue weighted by Crippen LogP contribution is -2.30. The standard InChI is InChI=1S/C18H19N3O2S/c1-3-6-16(22)20-12-8-9-14-15(11-12)24-17-13(7-5-10-19-17)18(23)21(14)4-2/h5,7-11H,3-4,6H2,1-2H3,(H,20,22). The van der Waals surface area contributed by atoms with Gasteiger partial charge in [0.05, 0.1) is 11.3 Å². The minimum atomic E-state index is -0.0466. The van der Waals surface area contributed by atoms with E-state index in [2.05, 4.69) is 10.3 Å². The molecule has 0 spiro atoms. The maximum absolute atomic E-state index is 12.8. The Morgan fingerprint density at radius 3 is 2.88 bits per heavy atom. The average Bonchev–Trinajstić information content (AvgIpc) is 2.69. The normalized spacial score (nSPS) is 13.1. The zero-order valence-corrected chi connectivity index (χ0v) is 14.5. The maximum atomic E-state index is 12.8. The van der Waals surface area contributed by atoms with Gasteiger partial charge in [-0.1, -0.05) is 18.7 Å². The Kier molecular flexibility index (Phi) is 4.85. The number of hydrogen-bond donors (Lipinski definition) is 1. The van der Waals surface area contributed by atoms with E-state index >= 15 is 0 Å². The van der Waals surface area contributed by atoms with E-state index in [4.69, 9.17) is 0 Å². The lowest BCUT2D eigenvalue weighted by Gasteiger charge is -2.21. The number of carbonyl (C=O) groups is 2. The monoisotopic (exact) mass is 341 g/mol. The maximum Gasteiger partial charge on any atom is 0.261 e. The highest BCUT2D eigenvalue weighted by molar-refractivity contribution is 7.99. The van der Waals surface area contributed by atoms with Crippen molar-refractivity contribution in [2.45, 2.75) is 36.6 Å². The van der Waals surface area contributed by atoms with Crippen LogP contribution in [-0.2, 0) is 4.79 Å². The third-order valence-electron chi connectivity index (χ3n) is 3.78. The summed E-state index contributed by atoms with van der Waals surface area (Å²) in [6.07, 6.45) is 2.99. The lowest BCUT2D eigenvalue weighted by atomic mass is 10.2. The van der Waals surface area contributed by atoms with Crippen LogP contribution in [0.1, 0.15) is 37.0 Å². The molecule has 1 aromatic carbocycles. The summed E-state index contributed by atoms with van der Waals surface area (Å²) in [6, 6.07) is 9.21. The van der Waals surface area contributed by atoms with Crippen LogP contribution >= 0.6 is 11.8 Å². The number of anilines is 2. The molecular formula is C18H19N3O2S. The van der Waals surface area contributed by atoms with Gasteiger partial charge in [-0.2, -0.15) is 0 Å². The quantitative estimate of drug-likeness (QED) is 0.914. The van der Waals surface area contributed by atoms with Gasteiger partial charge in [0.2, 0.25) is 5.91 Å². The largest absolute Gasteiger partial charge is 0.326 e. The van der Waals surface area contributed by atoms with Crippen molar-refractivity contribution in [2.24, 2.45) is 0 Å². The Hall–Kier alpha value is -2.34. The fraction of sp³-hybridized carbons (Fsp3) is 0.278. The van der Waals surface area contributed by atoms with Crippen LogP contribution in [-0.4, -0.2) is 23.3 Å². The molecule has 0 saturated carbocycles. The molecule has 5 nitrogen and oxygen atoms in total. The van der Waals surface area contributed by atoms with E-state index < -0.39 is 0 Å². The van der Waals surface area contributed by atoms with Gasteiger partial charge in [0, 0.05) is 29.7 Å². The molecule has 0 saturated heterocycles. The highest BCUT2D eigenvalue weighted by atomic mass is 32.2. The van der Waals surface area contributed by atoms with Gasteiger partial charge in [0.15, 0.2) is 0 Å². The van der Waals surface area contributed by atoms with Crippen molar-refractivity contribution in [3.8, 4) is 0 Å². The summed E-state index contributed by atoms with van der Waals surface area (Å²) in [5.41, 5.74) is 2.19. The third-order valence-corrected chi connectivity index (χ3v) is 4.85. The number of carbonyl (C=O) groups excluding carboxylic acids is 2. The van der Waals surface area contributed by atoms with Crippen LogP contribution in [0.4, 0.5) is 11.4 Å². The first kappa shape index (κ1) is 16.5. The van der Waals surface area contributed by atoms with E-state index in [9.17, 15) is 9.59 Å². The van der Waals surface area contributed by atoms with E-state index in [-0.39, 0.29) is 11.8 Å². The van der Waals surface area contributed by atoms with Crippen molar-refractivity contribution in [3.63, 3.8) is 0 Å². The highest BCUT2D eigenvalue weighted by Crippen LogP contribution is 2.41. The molecule has 3 rings (SSSR count). The summed E-state index contributed by atoms with van der Waals surface area (Å²) in [5.74, 6) is -0.0485. The van der Waals surface area contributed by atoms with Crippen LogP contribution < -0.4 is 10.2 Å². The second-order valence-corrected chi connectivity index (χ2v) is 6.52. The van der Waals surface area contributed by atoms with Crippen LogP contribution in [0.3, 0.4) is 0 Å². The fourth-order valence-corrected chi connectivity index (χ4v) is 3.71. The third kappa shape index (κ3) is 3.14. The first-order chi connectivity index (χ1) is 11.6. The SMILES string of the molecule is CCCC(=O)Nc1ccc2c(c1)Sc1ncccc1C(=O)N2CC. The van der Waals surface area contributed by atoms with Crippen molar-refractivity contribution in [3.05, 3.63) is 42.1 Å². The van der Waals surface area contributed by atoms with E-state index in [1.54, 1.807) is 23.2 Å². The second-order valence-electron chi connectivity index (χ2n) is 5.49. The van der Waals surface area contributed by atoms with Crippen molar-refractivity contribution in [1.29, 1.82) is 0 Å². The number of rotatable bonds is 4. The molecule has 0 atom stereocenters. The fourth-order valence-electron chi connectivity index (χ4n) is 2.65. The summed E-state index contributed by atoms with van der Waals surface area (Å²) >= 11 is 1.46. The summed E-state index contributed by atoms with van der Waals surface area (Å²) < 4.78 is 0. The van der Waals surface area contributed by atoms with Crippen LogP contribution in [0.5, 0.6) is 0 Å². The number of amides is 2. The Morgan fingerprint density at radius 1 is 1.29 bits per heavy atom. The van der Waals surface area contributed by atoms with E-state index in [1.807, 2.05) is 32.0 Å². The molecule has 0 unspecified atom stereocenters. The van der Waals surface area contributed by atoms with Gasteiger partial charge in [-0.25, -0.2) is 4.98 Å². The second kappa shape index (κ2) is 7.05. The van der Waals surface area contributed by atoms with Gasteiger partial charge >= 0.3 is 0 Å². The highest BCUT2D eigenvalue weighted by Gasteiger charge is 2.27. The van der Waals surface area contributed by atoms with Gasteiger partial charge in [-0.3, -0.25) is 9.59 Å². The van der Waals surface area contributed by atoms with Gasteiger partial charge in [-0.15, -0.1) is 0 Å². The van der Waals surface area contributed by atoms with Crippen molar-refractivity contribution in [2.75, 3.05) is 16.8 Å². The Labute approximate surface area is 145 Å². The molecule has 1 N–H and O–H groups in total. The molecule has 0 fully saturated rings. The molecule has 2 amide bonds. The molecule has 2 heterocycles. The van der Waals surface area contributed by atoms with Crippen LogP contribution in [0.2, 0.25) is 0 Å². The molecule has 2 aromatic rings. The smallest absolute Gasteiger partial charge is 0.261 e.